The summed E-state index contributed by atoms with van der Waals surface area (Å²) in [7, 11) is 0. The van der Waals surface area contributed by atoms with Crippen LogP contribution in [-0.2, 0) is 0 Å². The molecule has 3 heteroatoms. The van der Waals surface area contributed by atoms with E-state index in [1.54, 1.807) is 4.90 Å². The van der Waals surface area contributed by atoms with Crippen LogP contribution >= 0.6 is 0 Å². The van der Waals surface area contributed by atoms with Crippen LogP contribution in [-0.4, -0.2) is 28.2 Å². The number of nitrogens with zero attached hydrogens (tertiary/aromatic N) is 1. The van der Waals surface area contributed by atoms with Crippen molar-refractivity contribution in [3.8, 4) is 11.8 Å². The lowest BCUT2D eigenvalue weighted by molar-refractivity contribution is 0.117. The van der Waals surface area contributed by atoms with Crippen LogP contribution in [0.1, 0.15) is 43.2 Å². The third kappa shape index (κ3) is 2.76. The van der Waals surface area contributed by atoms with Gasteiger partial charge in [0, 0.05) is 11.6 Å². The molecule has 1 aromatic carbocycles. The fourth-order valence-electron chi connectivity index (χ4n) is 3.74. The van der Waals surface area contributed by atoms with Crippen molar-refractivity contribution in [3.63, 3.8) is 0 Å². The summed E-state index contributed by atoms with van der Waals surface area (Å²) in [5.41, 5.74) is 2.14. The molecule has 3 rings (SSSR count). The van der Waals surface area contributed by atoms with Gasteiger partial charge >= 0.3 is 6.09 Å². The van der Waals surface area contributed by atoms with Crippen molar-refractivity contribution in [2.45, 2.75) is 51.1 Å². The van der Waals surface area contributed by atoms with E-state index < -0.39 is 6.09 Å². The molecule has 1 aliphatic heterocycles. The highest BCUT2D eigenvalue weighted by molar-refractivity contribution is 5.67. The molecule has 110 valence electrons. The van der Waals surface area contributed by atoms with Gasteiger partial charge in [-0.1, -0.05) is 42.9 Å². The van der Waals surface area contributed by atoms with Gasteiger partial charge in [-0.25, -0.2) is 4.79 Å². The number of hydrogen-bond acceptors (Lipinski definition) is 1. The summed E-state index contributed by atoms with van der Waals surface area (Å²) < 4.78 is 0. The van der Waals surface area contributed by atoms with E-state index in [1.807, 2.05) is 31.2 Å². The van der Waals surface area contributed by atoms with Gasteiger partial charge in [0.25, 0.3) is 0 Å². The number of likely N-dealkylation sites (tertiary alicyclic amines) is 1. The van der Waals surface area contributed by atoms with Crippen molar-refractivity contribution in [1.82, 2.24) is 4.90 Å². The normalized spacial score (nSPS) is 27.7. The van der Waals surface area contributed by atoms with Gasteiger partial charge in [0.2, 0.25) is 0 Å². The Balaban J connectivity index is 1.84. The number of rotatable bonds is 0. The third-order valence-corrected chi connectivity index (χ3v) is 4.83. The quantitative estimate of drug-likeness (QED) is 0.738. The molecule has 2 fully saturated rings. The van der Waals surface area contributed by atoms with Crippen LogP contribution in [0.5, 0.6) is 0 Å². The molecule has 1 saturated heterocycles. The van der Waals surface area contributed by atoms with E-state index in [1.165, 1.54) is 6.42 Å². The molecule has 2 aliphatic rings. The summed E-state index contributed by atoms with van der Waals surface area (Å²) in [6.45, 7) is 2.04. The van der Waals surface area contributed by atoms with E-state index in [2.05, 4.69) is 11.8 Å². The highest BCUT2D eigenvalue weighted by Crippen LogP contribution is 2.39. The summed E-state index contributed by atoms with van der Waals surface area (Å²) in [6, 6.07) is 8.04. The Labute approximate surface area is 126 Å². The number of aryl methyl sites for hydroxylation is 1. The summed E-state index contributed by atoms with van der Waals surface area (Å²) >= 11 is 0. The predicted octanol–water partition coefficient (Wildman–Crippen LogP) is 3.66. The molecule has 3 nitrogen and oxygen atoms in total. The second-order valence-corrected chi connectivity index (χ2v) is 6.14. The molecule has 0 radical (unpaired) electrons. The maximum absolute atomic E-state index is 11.6. The molecule has 0 bridgehead atoms. The molecule has 3 unspecified atom stereocenters. The second kappa shape index (κ2) is 5.81. The molecule has 3 atom stereocenters. The van der Waals surface area contributed by atoms with Crippen molar-refractivity contribution in [1.29, 1.82) is 0 Å². The third-order valence-electron chi connectivity index (χ3n) is 4.83. The van der Waals surface area contributed by atoms with E-state index in [9.17, 15) is 9.90 Å². The minimum atomic E-state index is -0.812. The number of hydrogen-bond donors (Lipinski definition) is 1. The Morgan fingerprint density at radius 1 is 1.29 bits per heavy atom. The van der Waals surface area contributed by atoms with Gasteiger partial charge in [0.15, 0.2) is 0 Å². The minimum Gasteiger partial charge on any atom is -0.465 e. The molecule has 21 heavy (non-hydrogen) atoms. The van der Waals surface area contributed by atoms with Gasteiger partial charge in [-0.2, -0.15) is 0 Å². The van der Waals surface area contributed by atoms with Crippen LogP contribution in [0.15, 0.2) is 24.3 Å². The first-order valence-electron chi connectivity index (χ1n) is 7.75. The molecule has 1 amide bonds. The number of benzene rings is 1. The fourth-order valence-corrected chi connectivity index (χ4v) is 3.74. The van der Waals surface area contributed by atoms with Crippen molar-refractivity contribution in [2.75, 3.05) is 0 Å². The van der Waals surface area contributed by atoms with E-state index in [0.717, 1.165) is 36.8 Å². The zero-order valence-electron chi connectivity index (χ0n) is 12.4. The van der Waals surface area contributed by atoms with Gasteiger partial charge in [-0.05, 0) is 43.7 Å². The summed E-state index contributed by atoms with van der Waals surface area (Å²) in [5, 5.41) is 9.53. The topological polar surface area (TPSA) is 40.5 Å². The smallest absolute Gasteiger partial charge is 0.408 e. The monoisotopic (exact) mass is 283 g/mol. The van der Waals surface area contributed by atoms with Crippen LogP contribution in [0.25, 0.3) is 0 Å². The van der Waals surface area contributed by atoms with Crippen molar-refractivity contribution < 1.29 is 9.90 Å². The lowest BCUT2D eigenvalue weighted by atomic mass is 9.85. The van der Waals surface area contributed by atoms with Crippen molar-refractivity contribution >= 4 is 6.09 Å². The average Bonchev–Trinajstić information content (AvgIpc) is 2.85. The first-order valence-corrected chi connectivity index (χ1v) is 7.75. The van der Waals surface area contributed by atoms with Gasteiger partial charge in [0.05, 0.1) is 6.04 Å². The molecule has 1 aliphatic carbocycles. The zero-order valence-corrected chi connectivity index (χ0v) is 12.4. The second-order valence-electron chi connectivity index (χ2n) is 6.14. The minimum absolute atomic E-state index is 0.143. The number of carbonyl (C=O) groups is 1. The van der Waals surface area contributed by atoms with E-state index in [0.29, 0.717) is 5.92 Å². The standard InChI is InChI=1S/C18H21NO2/c1-13-6-2-3-7-14(13)10-11-16-12-15-8-4-5-9-17(15)19(16)18(20)21/h2-3,6-7,15-17H,4-5,8-9,12H2,1H3,(H,20,21). The highest BCUT2D eigenvalue weighted by Gasteiger charge is 2.43. The molecular weight excluding hydrogens is 262 g/mol. The highest BCUT2D eigenvalue weighted by atomic mass is 16.4. The molecule has 1 heterocycles. The number of amides is 1. The lowest BCUT2D eigenvalue weighted by Crippen LogP contribution is -2.42. The molecule has 1 saturated carbocycles. The summed E-state index contributed by atoms with van der Waals surface area (Å²) in [5.74, 6) is 6.92. The molecular formula is C18H21NO2. The average molecular weight is 283 g/mol. The van der Waals surface area contributed by atoms with Crippen LogP contribution in [0, 0.1) is 24.7 Å². The van der Waals surface area contributed by atoms with Crippen LogP contribution in [0.3, 0.4) is 0 Å². The van der Waals surface area contributed by atoms with Crippen LogP contribution in [0.4, 0.5) is 4.79 Å². The number of carboxylic acid groups (broad SMARTS) is 1. The van der Waals surface area contributed by atoms with E-state index in [-0.39, 0.29) is 12.1 Å². The van der Waals surface area contributed by atoms with Gasteiger partial charge in [-0.3, -0.25) is 4.90 Å². The molecule has 0 aromatic heterocycles. The Bertz CT molecular complexity index is 599. The van der Waals surface area contributed by atoms with Crippen LogP contribution < -0.4 is 0 Å². The Morgan fingerprint density at radius 3 is 2.81 bits per heavy atom. The van der Waals surface area contributed by atoms with Crippen molar-refractivity contribution in [2.24, 2.45) is 5.92 Å². The Kier molecular flexibility index (Phi) is 3.88. The Morgan fingerprint density at radius 2 is 2.05 bits per heavy atom. The van der Waals surface area contributed by atoms with Gasteiger partial charge < -0.3 is 5.11 Å². The van der Waals surface area contributed by atoms with Crippen LogP contribution in [0.2, 0.25) is 0 Å². The predicted molar refractivity (Wildman–Crippen MR) is 82.1 cm³/mol. The maximum Gasteiger partial charge on any atom is 0.408 e. The molecule has 0 spiro atoms. The summed E-state index contributed by atoms with van der Waals surface area (Å²) in [6.07, 6.45) is 4.61. The number of fused-ring (bicyclic) bond motifs is 1. The molecule has 1 aromatic rings. The first-order chi connectivity index (χ1) is 10.2. The Hall–Kier alpha value is -1.95. The fraction of sp³-hybridized carbons (Fsp3) is 0.500. The lowest BCUT2D eigenvalue weighted by Gasteiger charge is -2.30. The van der Waals surface area contributed by atoms with E-state index >= 15 is 0 Å². The molecule has 1 N–H and O–H groups in total. The zero-order chi connectivity index (χ0) is 14.8. The first kappa shape index (κ1) is 14.0. The van der Waals surface area contributed by atoms with Gasteiger partial charge in [-0.15, -0.1) is 0 Å². The summed E-state index contributed by atoms with van der Waals surface area (Å²) in [4.78, 5) is 13.2. The van der Waals surface area contributed by atoms with Crippen molar-refractivity contribution in [3.05, 3.63) is 35.4 Å². The SMILES string of the molecule is Cc1ccccc1C#CC1CC2CCCCC2N1C(=O)O. The maximum atomic E-state index is 11.6. The van der Waals surface area contributed by atoms with E-state index in [4.69, 9.17) is 0 Å². The van der Waals surface area contributed by atoms with Gasteiger partial charge in [0.1, 0.15) is 0 Å². The largest absolute Gasteiger partial charge is 0.465 e.